The smallest absolute Gasteiger partial charge is 0.266 e. The maximum atomic E-state index is 5.41. The summed E-state index contributed by atoms with van der Waals surface area (Å²) in [6.07, 6.45) is 0. The van der Waals surface area contributed by atoms with Gasteiger partial charge in [-0.3, -0.25) is 0 Å². The molecule has 2 unspecified atom stereocenters. The highest BCUT2D eigenvalue weighted by atomic mass is 32.2. The Morgan fingerprint density at radius 2 is 2.18 bits per heavy atom. The first-order valence-corrected chi connectivity index (χ1v) is 7.29. The Morgan fingerprint density at radius 1 is 1.41 bits per heavy atom. The minimum absolute atomic E-state index is 0.349. The van der Waals surface area contributed by atoms with Crippen molar-refractivity contribution in [2.45, 2.75) is 25.8 Å². The lowest BCUT2D eigenvalue weighted by Crippen LogP contribution is -2.31. The molecule has 0 radical (unpaired) electrons. The van der Waals surface area contributed by atoms with Crippen molar-refractivity contribution in [3.8, 4) is 0 Å². The van der Waals surface area contributed by atoms with Crippen LogP contribution < -0.4 is 10.2 Å². The van der Waals surface area contributed by atoms with Gasteiger partial charge in [-0.1, -0.05) is 0 Å². The van der Waals surface area contributed by atoms with Gasteiger partial charge in [-0.15, -0.1) is 0 Å². The molecule has 2 heterocycles. The van der Waals surface area contributed by atoms with Gasteiger partial charge in [0.1, 0.15) is 0 Å². The molecule has 17 heavy (non-hydrogen) atoms. The van der Waals surface area contributed by atoms with Crippen molar-refractivity contribution < 1.29 is 4.52 Å². The van der Waals surface area contributed by atoms with Crippen LogP contribution in [0.3, 0.4) is 0 Å². The Balaban J connectivity index is 2.12. The SMILES string of the molecule is CCN(CC)c1noc(C2CSCC2NC)n1. The summed E-state index contributed by atoms with van der Waals surface area (Å²) in [4.78, 5) is 6.63. The number of hydrogen-bond acceptors (Lipinski definition) is 6. The highest BCUT2D eigenvalue weighted by Crippen LogP contribution is 2.32. The van der Waals surface area contributed by atoms with Crippen LogP contribution >= 0.6 is 11.8 Å². The van der Waals surface area contributed by atoms with Gasteiger partial charge >= 0.3 is 0 Å². The van der Waals surface area contributed by atoms with Crippen molar-refractivity contribution in [3.63, 3.8) is 0 Å². The van der Waals surface area contributed by atoms with Crippen LogP contribution in [0, 0.1) is 0 Å². The molecule has 0 spiro atoms. The fourth-order valence-electron chi connectivity index (χ4n) is 2.09. The zero-order valence-corrected chi connectivity index (χ0v) is 11.5. The fraction of sp³-hybridized carbons (Fsp3) is 0.818. The number of nitrogens with one attached hydrogen (secondary N) is 1. The van der Waals surface area contributed by atoms with Crippen molar-refractivity contribution in [1.29, 1.82) is 0 Å². The van der Waals surface area contributed by atoms with Crippen LogP contribution in [0.1, 0.15) is 25.7 Å². The summed E-state index contributed by atoms with van der Waals surface area (Å²) in [7, 11) is 1.99. The maximum Gasteiger partial charge on any atom is 0.266 e. The van der Waals surface area contributed by atoms with E-state index in [1.807, 2.05) is 18.8 Å². The Kier molecular flexibility index (Phi) is 4.28. The first kappa shape index (κ1) is 12.7. The van der Waals surface area contributed by atoms with Crippen molar-refractivity contribution >= 4 is 17.7 Å². The Bertz CT molecular complexity index is 353. The van der Waals surface area contributed by atoms with E-state index in [0.29, 0.717) is 12.0 Å². The average Bonchev–Trinajstić information content (AvgIpc) is 2.98. The summed E-state index contributed by atoms with van der Waals surface area (Å²) in [5.74, 6) is 4.02. The third-order valence-corrected chi connectivity index (χ3v) is 4.44. The molecule has 0 bridgehead atoms. The predicted molar refractivity (Wildman–Crippen MR) is 70.8 cm³/mol. The summed E-state index contributed by atoms with van der Waals surface area (Å²) < 4.78 is 5.41. The lowest BCUT2D eigenvalue weighted by Gasteiger charge is -2.15. The number of thioether (sulfide) groups is 1. The van der Waals surface area contributed by atoms with E-state index in [0.717, 1.165) is 36.4 Å². The molecule has 1 fully saturated rings. The molecule has 6 heteroatoms. The molecule has 0 amide bonds. The van der Waals surface area contributed by atoms with Crippen LogP contribution in [0.15, 0.2) is 4.52 Å². The molecular weight excluding hydrogens is 236 g/mol. The van der Waals surface area contributed by atoms with Crippen molar-refractivity contribution in [1.82, 2.24) is 15.5 Å². The Labute approximate surface area is 106 Å². The van der Waals surface area contributed by atoms with Gasteiger partial charge in [-0.2, -0.15) is 16.7 Å². The van der Waals surface area contributed by atoms with Crippen LogP contribution in [-0.2, 0) is 0 Å². The largest absolute Gasteiger partial charge is 0.339 e. The quantitative estimate of drug-likeness (QED) is 0.858. The van der Waals surface area contributed by atoms with E-state index in [2.05, 4.69) is 34.2 Å². The van der Waals surface area contributed by atoms with Crippen LogP contribution in [0.5, 0.6) is 0 Å². The van der Waals surface area contributed by atoms with E-state index in [4.69, 9.17) is 4.52 Å². The zero-order valence-electron chi connectivity index (χ0n) is 10.6. The second kappa shape index (κ2) is 5.73. The van der Waals surface area contributed by atoms with E-state index >= 15 is 0 Å². The second-order valence-electron chi connectivity index (χ2n) is 4.14. The van der Waals surface area contributed by atoms with Gasteiger partial charge in [0.15, 0.2) is 0 Å². The molecule has 1 aliphatic heterocycles. The lowest BCUT2D eigenvalue weighted by molar-refractivity contribution is 0.343. The molecule has 1 aromatic rings. The van der Waals surface area contributed by atoms with Gasteiger partial charge in [0.25, 0.3) is 5.95 Å². The molecule has 1 N–H and O–H groups in total. The van der Waals surface area contributed by atoms with Crippen LogP contribution in [0.2, 0.25) is 0 Å². The molecule has 0 aliphatic carbocycles. The third kappa shape index (κ3) is 2.57. The number of anilines is 1. The molecule has 2 atom stereocenters. The molecule has 1 aromatic heterocycles. The zero-order chi connectivity index (χ0) is 12.3. The van der Waals surface area contributed by atoms with Crippen LogP contribution in [0.25, 0.3) is 0 Å². The molecule has 1 aliphatic rings. The Hall–Kier alpha value is -0.750. The first-order valence-electron chi connectivity index (χ1n) is 6.13. The van der Waals surface area contributed by atoms with Crippen LogP contribution in [0.4, 0.5) is 5.95 Å². The van der Waals surface area contributed by atoms with E-state index in [9.17, 15) is 0 Å². The van der Waals surface area contributed by atoms with Gasteiger partial charge in [0.2, 0.25) is 5.89 Å². The monoisotopic (exact) mass is 256 g/mol. The fourth-order valence-corrected chi connectivity index (χ4v) is 3.51. The highest BCUT2D eigenvalue weighted by Gasteiger charge is 2.32. The molecule has 1 saturated heterocycles. The molecule has 96 valence electrons. The third-order valence-electron chi connectivity index (χ3n) is 3.25. The van der Waals surface area contributed by atoms with E-state index in [1.165, 1.54) is 0 Å². The first-order chi connectivity index (χ1) is 8.30. The number of likely N-dealkylation sites (N-methyl/N-ethyl adjacent to an activating group) is 1. The summed E-state index contributed by atoms with van der Waals surface area (Å²) in [6, 6.07) is 0.449. The topological polar surface area (TPSA) is 54.2 Å². The standard InChI is InChI=1S/C11H20N4OS/c1-4-15(5-2)11-13-10(16-14-11)8-6-17-7-9(8)12-3/h8-9,12H,4-7H2,1-3H3. The van der Waals surface area contributed by atoms with Crippen molar-refractivity contribution in [2.24, 2.45) is 0 Å². The minimum Gasteiger partial charge on any atom is -0.339 e. The molecule has 0 saturated carbocycles. The van der Waals surface area contributed by atoms with Gasteiger partial charge in [-0.25, -0.2) is 0 Å². The average molecular weight is 256 g/mol. The summed E-state index contributed by atoms with van der Waals surface area (Å²) in [5, 5.41) is 7.39. The van der Waals surface area contributed by atoms with Crippen molar-refractivity contribution in [3.05, 3.63) is 5.89 Å². The van der Waals surface area contributed by atoms with E-state index in [-0.39, 0.29) is 0 Å². The van der Waals surface area contributed by atoms with E-state index < -0.39 is 0 Å². The normalized spacial score (nSPS) is 24.2. The van der Waals surface area contributed by atoms with Crippen molar-refractivity contribution in [2.75, 3.05) is 36.5 Å². The second-order valence-corrected chi connectivity index (χ2v) is 5.22. The van der Waals surface area contributed by atoms with Gasteiger partial charge in [0.05, 0.1) is 5.92 Å². The summed E-state index contributed by atoms with van der Waals surface area (Å²) >= 11 is 1.93. The summed E-state index contributed by atoms with van der Waals surface area (Å²) in [5.41, 5.74) is 0. The van der Waals surface area contributed by atoms with E-state index in [1.54, 1.807) is 0 Å². The molecule has 5 nitrogen and oxygen atoms in total. The predicted octanol–water partition coefficient (Wildman–Crippen LogP) is 1.33. The summed E-state index contributed by atoms with van der Waals surface area (Å²) in [6.45, 7) is 6.01. The van der Waals surface area contributed by atoms with Gasteiger partial charge < -0.3 is 14.7 Å². The van der Waals surface area contributed by atoms with Gasteiger partial charge in [0, 0.05) is 30.6 Å². The number of aromatic nitrogens is 2. The Morgan fingerprint density at radius 3 is 2.82 bits per heavy atom. The number of nitrogens with zero attached hydrogens (tertiary/aromatic N) is 3. The maximum absolute atomic E-state index is 5.41. The number of hydrogen-bond donors (Lipinski definition) is 1. The minimum atomic E-state index is 0.349. The molecule has 0 aromatic carbocycles. The molecular formula is C11H20N4OS. The van der Waals surface area contributed by atoms with Crippen LogP contribution in [-0.4, -0.2) is 47.8 Å². The lowest BCUT2D eigenvalue weighted by atomic mass is 10.0. The number of rotatable bonds is 5. The molecule has 2 rings (SSSR count). The highest BCUT2D eigenvalue weighted by molar-refractivity contribution is 7.99. The van der Waals surface area contributed by atoms with Gasteiger partial charge in [-0.05, 0) is 26.1 Å².